The highest BCUT2D eigenvalue weighted by atomic mass is 16.5. The van der Waals surface area contributed by atoms with Crippen molar-refractivity contribution in [1.82, 2.24) is 5.43 Å². The molecule has 0 aromatic rings. The number of nitrogens with two attached hydrogens (primary N) is 1. The van der Waals surface area contributed by atoms with E-state index in [0.29, 0.717) is 6.04 Å². The molecule has 0 heterocycles. The zero-order valence-corrected chi connectivity index (χ0v) is 12.0. The molecule has 0 aliphatic heterocycles. The zero-order valence-electron chi connectivity index (χ0n) is 12.0. The number of hydrogen-bond acceptors (Lipinski definition) is 3. The molecule has 1 aliphatic carbocycles. The predicted octanol–water partition coefficient (Wildman–Crippen LogP) is 2.85. The molecule has 0 aromatic carbocycles. The van der Waals surface area contributed by atoms with E-state index in [1.807, 2.05) is 0 Å². The molecule has 3 N–H and O–H groups in total. The first-order valence-electron chi connectivity index (χ1n) is 7.00. The molecule has 3 atom stereocenters. The minimum atomic E-state index is -0.0324. The van der Waals surface area contributed by atoms with Crippen LogP contribution >= 0.6 is 0 Å². The van der Waals surface area contributed by atoms with E-state index in [1.54, 1.807) is 7.11 Å². The Hall–Kier alpha value is -0.120. The molecule has 0 amide bonds. The molecule has 3 unspecified atom stereocenters. The van der Waals surface area contributed by atoms with Crippen molar-refractivity contribution in [2.24, 2.45) is 17.7 Å². The molecule has 1 fully saturated rings. The van der Waals surface area contributed by atoms with Gasteiger partial charge in [0.15, 0.2) is 0 Å². The molecule has 1 aliphatic rings. The van der Waals surface area contributed by atoms with E-state index >= 15 is 0 Å². The van der Waals surface area contributed by atoms with Gasteiger partial charge in [-0.15, -0.1) is 0 Å². The van der Waals surface area contributed by atoms with Crippen molar-refractivity contribution in [2.45, 2.75) is 70.9 Å². The first-order valence-corrected chi connectivity index (χ1v) is 7.00. The lowest BCUT2D eigenvalue weighted by atomic mass is 9.77. The van der Waals surface area contributed by atoms with Crippen LogP contribution in [0, 0.1) is 11.8 Å². The van der Waals surface area contributed by atoms with Crippen LogP contribution in [-0.4, -0.2) is 18.8 Å². The van der Waals surface area contributed by atoms with Crippen molar-refractivity contribution in [3.05, 3.63) is 0 Å². The fraction of sp³-hybridized carbons (Fsp3) is 1.00. The summed E-state index contributed by atoms with van der Waals surface area (Å²) in [6, 6.07) is 0.451. The lowest BCUT2D eigenvalue weighted by molar-refractivity contribution is 0.00918. The molecule has 3 nitrogen and oxygen atoms in total. The van der Waals surface area contributed by atoms with Crippen LogP contribution in [-0.2, 0) is 4.74 Å². The summed E-state index contributed by atoms with van der Waals surface area (Å²) in [5.41, 5.74) is 3.00. The molecule has 0 spiro atoms. The molecule has 102 valence electrons. The first kappa shape index (κ1) is 14.9. The average Bonchev–Trinajstić information content (AvgIpc) is 2.30. The highest BCUT2D eigenvalue weighted by Gasteiger charge is 2.27. The average molecular weight is 242 g/mol. The van der Waals surface area contributed by atoms with E-state index in [9.17, 15) is 0 Å². The maximum absolute atomic E-state index is 5.73. The van der Waals surface area contributed by atoms with Gasteiger partial charge in [-0.25, -0.2) is 0 Å². The highest BCUT2D eigenvalue weighted by molar-refractivity contribution is 4.82. The van der Waals surface area contributed by atoms with E-state index in [2.05, 4.69) is 26.2 Å². The van der Waals surface area contributed by atoms with E-state index in [4.69, 9.17) is 10.6 Å². The lowest BCUT2D eigenvalue weighted by Crippen LogP contribution is -2.43. The Morgan fingerprint density at radius 1 is 1.41 bits per heavy atom. The van der Waals surface area contributed by atoms with Crippen molar-refractivity contribution in [3.8, 4) is 0 Å². The van der Waals surface area contributed by atoms with Crippen LogP contribution in [0.25, 0.3) is 0 Å². The molecule has 0 radical (unpaired) electrons. The van der Waals surface area contributed by atoms with Crippen LogP contribution in [0.5, 0.6) is 0 Å². The van der Waals surface area contributed by atoms with E-state index < -0.39 is 0 Å². The third-order valence-electron chi connectivity index (χ3n) is 4.37. The summed E-state index contributed by atoms with van der Waals surface area (Å²) in [7, 11) is 1.79. The summed E-state index contributed by atoms with van der Waals surface area (Å²) >= 11 is 0. The van der Waals surface area contributed by atoms with E-state index in [0.717, 1.165) is 24.7 Å². The topological polar surface area (TPSA) is 47.3 Å². The second-order valence-corrected chi connectivity index (χ2v) is 6.31. The number of nitrogens with one attached hydrogen (secondary N) is 1. The van der Waals surface area contributed by atoms with E-state index in [1.165, 1.54) is 25.7 Å². The number of hydrogen-bond donors (Lipinski definition) is 2. The van der Waals surface area contributed by atoms with Gasteiger partial charge in [0.2, 0.25) is 0 Å². The first-order chi connectivity index (χ1) is 7.98. The van der Waals surface area contributed by atoms with Gasteiger partial charge in [0.25, 0.3) is 0 Å². The van der Waals surface area contributed by atoms with Gasteiger partial charge in [-0.05, 0) is 51.4 Å². The minimum absolute atomic E-state index is 0.0324. The smallest absolute Gasteiger partial charge is 0.0623 e. The molecule has 0 bridgehead atoms. The SMILES string of the molecule is COC(C)(C)CCC(NN)C1CCCC(C)C1. The second kappa shape index (κ2) is 6.72. The van der Waals surface area contributed by atoms with Gasteiger partial charge in [-0.2, -0.15) is 0 Å². The summed E-state index contributed by atoms with van der Waals surface area (Å²) in [5, 5.41) is 0. The highest BCUT2D eigenvalue weighted by Crippen LogP contribution is 2.32. The van der Waals surface area contributed by atoms with Crippen LogP contribution in [0.3, 0.4) is 0 Å². The molecule has 1 rings (SSSR count). The number of methoxy groups -OCH3 is 1. The van der Waals surface area contributed by atoms with E-state index in [-0.39, 0.29) is 5.60 Å². The Morgan fingerprint density at radius 2 is 2.12 bits per heavy atom. The molecule has 0 saturated heterocycles. The van der Waals surface area contributed by atoms with Crippen LogP contribution in [0.4, 0.5) is 0 Å². The van der Waals surface area contributed by atoms with Gasteiger partial charge >= 0.3 is 0 Å². The van der Waals surface area contributed by atoms with Crippen LogP contribution in [0.15, 0.2) is 0 Å². The van der Waals surface area contributed by atoms with Crippen molar-refractivity contribution in [2.75, 3.05) is 7.11 Å². The summed E-state index contributed by atoms with van der Waals surface area (Å²) in [6.45, 7) is 6.65. The number of hydrazine groups is 1. The number of ether oxygens (including phenoxy) is 1. The Morgan fingerprint density at radius 3 is 2.65 bits per heavy atom. The third-order valence-corrected chi connectivity index (χ3v) is 4.37. The van der Waals surface area contributed by atoms with Gasteiger partial charge in [0.1, 0.15) is 0 Å². The summed E-state index contributed by atoms with van der Waals surface area (Å²) in [4.78, 5) is 0. The Labute approximate surface area is 106 Å². The third kappa shape index (κ3) is 4.94. The molecule has 0 aromatic heterocycles. The summed E-state index contributed by atoms with van der Waals surface area (Å²) in [6.07, 6.45) is 7.56. The fourth-order valence-electron chi connectivity index (χ4n) is 2.91. The molecular weight excluding hydrogens is 212 g/mol. The molecule has 3 heteroatoms. The van der Waals surface area contributed by atoms with Gasteiger partial charge in [0, 0.05) is 13.2 Å². The Kier molecular flexibility index (Phi) is 5.90. The van der Waals surface area contributed by atoms with Crippen LogP contribution in [0.2, 0.25) is 0 Å². The van der Waals surface area contributed by atoms with Crippen LogP contribution in [0.1, 0.15) is 59.3 Å². The fourth-order valence-corrected chi connectivity index (χ4v) is 2.91. The largest absolute Gasteiger partial charge is 0.379 e. The van der Waals surface area contributed by atoms with Crippen LogP contribution < -0.4 is 11.3 Å². The maximum Gasteiger partial charge on any atom is 0.0623 e. The lowest BCUT2D eigenvalue weighted by Gasteiger charge is -2.34. The predicted molar refractivity (Wildman–Crippen MR) is 72.6 cm³/mol. The van der Waals surface area contributed by atoms with Crippen molar-refractivity contribution in [3.63, 3.8) is 0 Å². The zero-order chi connectivity index (χ0) is 12.9. The van der Waals surface area contributed by atoms with Gasteiger partial charge in [-0.3, -0.25) is 11.3 Å². The Bertz CT molecular complexity index is 218. The van der Waals surface area contributed by atoms with Gasteiger partial charge < -0.3 is 4.74 Å². The monoisotopic (exact) mass is 242 g/mol. The molecule has 17 heavy (non-hydrogen) atoms. The van der Waals surface area contributed by atoms with Crippen molar-refractivity contribution >= 4 is 0 Å². The van der Waals surface area contributed by atoms with Crippen molar-refractivity contribution in [1.29, 1.82) is 0 Å². The van der Waals surface area contributed by atoms with Gasteiger partial charge in [0.05, 0.1) is 5.60 Å². The minimum Gasteiger partial charge on any atom is -0.379 e. The van der Waals surface area contributed by atoms with Gasteiger partial charge in [-0.1, -0.05) is 19.8 Å². The summed E-state index contributed by atoms with van der Waals surface area (Å²) < 4.78 is 5.47. The summed E-state index contributed by atoms with van der Waals surface area (Å²) in [5.74, 6) is 7.34. The second-order valence-electron chi connectivity index (χ2n) is 6.31. The quantitative estimate of drug-likeness (QED) is 0.556. The molecule has 1 saturated carbocycles. The standard InChI is InChI=1S/C14H30N2O/c1-11-6-5-7-12(10-11)13(16-15)8-9-14(2,3)17-4/h11-13,16H,5-10,15H2,1-4H3. The maximum atomic E-state index is 5.73. The normalized spacial score (nSPS) is 28.1. The molecular formula is C14H30N2O. The number of rotatable bonds is 6. The Balaban J connectivity index is 2.42. The van der Waals surface area contributed by atoms with Crippen molar-refractivity contribution < 1.29 is 4.74 Å².